The molecule has 1 fully saturated rings. The van der Waals surface area contributed by atoms with Crippen LogP contribution in [0.3, 0.4) is 0 Å². The van der Waals surface area contributed by atoms with Crippen molar-refractivity contribution in [2.75, 3.05) is 13.2 Å². The van der Waals surface area contributed by atoms with Crippen molar-refractivity contribution in [2.45, 2.75) is 25.8 Å². The molecule has 0 bridgehead atoms. The maximum Gasteiger partial charge on any atom is 0.253 e. The molecule has 2 N–H and O–H groups in total. The van der Waals surface area contributed by atoms with Crippen LogP contribution in [0.1, 0.15) is 30.1 Å². The van der Waals surface area contributed by atoms with E-state index in [2.05, 4.69) is 10.3 Å². The lowest BCUT2D eigenvalue weighted by atomic mass is 10.2. The van der Waals surface area contributed by atoms with Crippen LogP contribution in [-0.4, -0.2) is 35.3 Å². The SMILES string of the molecule is CC(CO)NC(=O)c1ccc(OCC2CC2)nc1. The molecule has 5 nitrogen and oxygen atoms in total. The number of aliphatic hydroxyl groups is 1. The van der Waals surface area contributed by atoms with Crippen molar-refractivity contribution in [3.63, 3.8) is 0 Å². The fourth-order valence-corrected chi connectivity index (χ4v) is 1.44. The van der Waals surface area contributed by atoms with Crippen LogP contribution in [-0.2, 0) is 0 Å². The molecule has 0 aromatic carbocycles. The smallest absolute Gasteiger partial charge is 0.253 e. The van der Waals surface area contributed by atoms with Gasteiger partial charge in [-0.05, 0) is 31.7 Å². The minimum absolute atomic E-state index is 0.0816. The zero-order valence-corrected chi connectivity index (χ0v) is 10.4. The van der Waals surface area contributed by atoms with E-state index in [1.54, 1.807) is 19.1 Å². The fraction of sp³-hybridized carbons (Fsp3) is 0.538. The number of pyridine rings is 1. The minimum atomic E-state index is -0.261. The van der Waals surface area contributed by atoms with Crippen LogP contribution in [0.2, 0.25) is 0 Å². The van der Waals surface area contributed by atoms with E-state index < -0.39 is 0 Å². The summed E-state index contributed by atoms with van der Waals surface area (Å²) >= 11 is 0. The zero-order valence-electron chi connectivity index (χ0n) is 10.4. The summed E-state index contributed by atoms with van der Waals surface area (Å²) in [5.74, 6) is 0.992. The Kier molecular flexibility index (Phi) is 4.15. The van der Waals surface area contributed by atoms with Gasteiger partial charge in [0.15, 0.2) is 0 Å². The third-order valence-corrected chi connectivity index (χ3v) is 2.81. The summed E-state index contributed by atoms with van der Waals surface area (Å²) in [5.41, 5.74) is 0.467. The van der Waals surface area contributed by atoms with Crippen molar-refractivity contribution in [3.05, 3.63) is 23.9 Å². The van der Waals surface area contributed by atoms with E-state index in [9.17, 15) is 4.79 Å². The Labute approximate surface area is 106 Å². The second kappa shape index (κ2) is 5.82. The first-order valence-electron chi connectivity index (χ1n) is 6.19. The Morgan fingerprint density at radius 2 is 2.39 bits per heavy atom. The second-order valence-corrected chi connectivity index (χ2v) is 4.70. The molecule has 0 spiro atoms. The molecule has 5 heteroatoms. The molecule has 1 aliphatic rings. The Bertz CT molecular complexity index is 401. The summed E-state index contributed by atoms with van der Waals surface area (Å²) in [6.45, 7) is 2.36. The molecule has 1 heterocycles. The Morgan fingerprint density at radius 1 is 1.61 bits per heavy atom. The summed E-state index contributed by atoms with van der Waals surface area (Å²) < 4.78 is 5.48. The zero-order chi connectivity index (χ0) is 13.0. The number of nitrogens with one attached hydrogen (secondary N) is 1. The molecule has 0 aliphatic heterocycles. The Balaban J connectivity index is 1.87. The monoisotopic (exact) mass is 250 g/mol. The molecule has 0 saturated heterocycles. The van der Waals surface area contributed by atoms with Gasteiger partial charge in [-0.2, -0.15) is 0 Å². The van der Waals surface area contributed by atoms with E-state index in [1.165, 1.54) is 19.0 Å². The molecule has 1 unspecified atom stereocenters. The number of aromatic nitrogens is 1. The van der Waals surface area contributed by atoms with E-state index in [0.717, 1.165) is 0 Å². The topological polar surface area (TPSA) is 71.5 Å². The van der Waals surface area contributed by atoms with Gasteiger partial charge in [-0.25, -0.2) is 4.98 Å². The maximum atomic E-state index is 11.7. The van der Waals surface area contributed by atoms with Crippen LogP contribution in [0, 0.1) is 5.92 Å². The standard InChI is InChI=1S/C13H18N2O3/c1-9(7-16)15-13(17)11-4-5-12(14-6-11)18-8-10-2-3-10/h4-6,9-10,16H,2-3,7-8H2,1H3,(H,15,17). The summed E-state index contributed by atoms with van der Waals surface area (Å²) in [6.07, 6.45) is 3.96. The van der Waals surface area contributed by atoms with Crippen molar-refractivity contribution in [2.24, 2.45) is 5.92 Å². The third-order valence-electron chi connectivity index (χ3n) is 2.81. The number of carbonyl (C=O) groups excluding carboxylic acids is 1. The molecule has 1 saturated carbocycles. The van der Waals surface area contributed by atoms with Gasteiger partial charge < -0.3 is 15.2 Å². The van der Waals surface area contributed by atoms with Crippen molar-refractivity contribution < 1.29 is 14.6 Å². The van der Waals surface area contributed by atoms with Crippen LogP contribution >= 0.6 is 0 Å². The lowest BCUT2D eigenvalue weighted by molar-refractivity contribution is 0.0922. The molecule has 0 radical (unpaired) electrons. The molecule has 1 amide bonds. The van der Waals surface area contributed by atoms with Crippen LogP contribution in [0.5, 0.6) is 5.88 Å². The van der Waals surface area contributed by atoms with Gasteiger partial charge >= 0.3 is 0 Å². The predicted octanol–water partition coefficient (Wildman–Crippen LogP) is 0.981. The van der Waals surface area contributed by atoms with Gasteiger partial charge in [-0.1, -0.05) is 0 Å². The number of aliphatic hydroxyl groups excluding tert-OH is 1. The van der Waals surface area contributed by atoms with Crippen LogP contribution in [0.25, 0.3) is 0 Å². The lowest BCUT2D eigenvalue weighted by Crippen LogP contribution is -2.35. The molecule has 1 aliphatic carbocycles. The van der Waals surface area contributed by atoms with Gasteiger partial charge in [-0.15, -0.1) is 0 Å². The van der Waals surface area contributed by atoms with Crippen molar-refractivity contribution in [1.82, 2.24) is 10.3 Å². The molecule has 98 valence electrons. The Morgan fingerprint density at radius 3 is 2.94 bits per heavy atom. The number of carbonyl (C=O) groups is 1. The number of rotatable bonds is 6. The summed E-state index contributed by atoms with van der Waals surface area (Å²) in [6, 6.07) is 3.11. The van der Waals surface area contributed by atoms with Crippen molar-refractivity contribution >= 4 is 5.91 Å². The molecule has 1 aromatic heterocycles. The quantitative estimate of drug-likeness (QED) is 0.789. The fourth-order valence-electron chi connectivity index (χ4n) is 1.44. The van der Waals surface area contributed by atoms with Gasteiger partial charge in [-0.3, -0.25) is 4.79 Å². The van der Waals surface area contributed by atoms with Gasteiger partial charge in [0.2, 0.25) is 5.88 Å². The van der Waals surface area contributed by atoms with Gasteiger partial charge in [0.25, 0.3) is 5.91 Å². The molecule has 2 rings (SSSR count). The van der Waals surface area contributed by atoms with Gasteiger partial charge in [0.05, 0.1) is 18.8 Å². The molecule has 1 atom stereocenters. The molecular weight excluding hydrogens is 232 g/mol. The van der Waals surface area contributed by atoms with E-state index in [4.69, 9.17) is 9.84 Å². The van der Waals surface area contributed by atoms with Crippen molar-refractivity contribution in [3.8, 4) is 5.88 Å². The van der Waals surface area contributed by atoms with Crippen LogP contribution in [0.15, 0.2) is 18.3 Å². The highest BCUT2D eigenvalue weighted by Gasteiger charge is 2.22. The highest BCUT2D eigenvalue weighted by molar-refractivity contribution is 5.94. The highest BCUT2D eigenvalue weighted by atomic mass is 16.5. The first kappa shape index (κ1) is 12.8. The molecular formula is C13H18N2O3. The first-order chi connectivity index (χ1) is 8.69. The van der Waals surface area contributed by atoms with Crippen molar-refractivity contribution in [1.29, 1.82) is 0 Å². The predicted molar refractivity (Wildman–Crippen MR) is 66.5 cm³/mol. The molecule has 18 heavy (non-hydrogen) atoms. The number of nitrogens with zero attached hydrogens (tertiary/aromatic N) is 1. The van der Waals surface area contributed by atoms with Gasteiger partial charge in [0.1, 0.15) is 0 Å². The summed E-state index contributed by atoms with van der Waals surface area (Å²) in [5, 5.41) is 11.5. The minimum Gasteiger partial charge on any atom is -0.477 e. The average molecular weight is 250 g/mol. The lowest BCUT2D eigenvalue weighted by Gasteiger charge is -2.10. The first-order valence-corrected chi connectivity index (χ1v) is 6.19. The second-order valence-electron chi connectivity index (χ2n) is 4.70. The molecule has 1 aromatic rings. The number of hydrogen-bond acceptors (Lipinski definition) is 4. The average Bonchev–Trinajstić information content (AvgIpc) is 3.20. The van der Waals surface area contributed by atoms with Crippen LogP contribution in [0.4, 0.5) is 0 Å². The van der Waals surface area contributed by atoms with E-state index in [-0.39, 0.29) is 18.6 Å². The maximum absolute atomic E-state index is 11.7. The van der Waals surface area contributed by atoms with E-state index in [1.807, 2.05) is 0 Å². The van der Waals surface area contributed by atoms with Crippen LogP contribution < -0.4 is 10.1 Å². The Hall–Kier alpha value is -1.62. The normalized spacial score (nSPS) is 16.1. The highest BCUT2D eigenvalue weighted by Crippen LogP contribution is 2.29. The number of hydrogen-bond donors (Lipinski definition) is 2. The number of amides is 1. The summed E-state index contributed by atoms with van der Waals surface area (Å²) in [4.78, 5) is 15.8. The van der Waals surface area contributed by atoms with E-state index in [0.29, 0.717) is 24.0 Å². The third kappa shape index (κ3) is 3.70. The van der Waals surface area contributed by atoms with E-state index >= 15 is 0 Å². The number of ether oxygens (including phenoxy) is 1. The van der Waals surface area contributed by atoms with Gasteiger partial charge in [0, 0.05) is 18.3 Å². The summed E-state index contributed by atoms with van der Waals surface area (Å²) in [7, 11) is 0. The largest absolute Gasteiger partial charge is 0.477 e.